The molecule has 81 heavy (non-hydrogen) atoms. The summed E-state index contributed by atoms with van der Waals surface area (Å²) in [5, 5.41) is 23.1. The number of hydrogen-bond acceptors (Lipinski definition) is 5. The Balaban J connectivity index is 3.31. The van der Waals surface area contributed by atoms with E-state index in [-0.39, 0.29) is 18.5 Å². The highest BCUT2D eigenvalue weighted by molar-refractivity contribution is 5.76. The highest BCUT2D eigenvalue weighted by Crippen LogP contribution is 2.19. The van der Waals surface area contributed by atoms with E-state index >= 15 is 0 Å². The Kier molecular flexibility index (Phi) is 69.4. The number of amides is 1. The zero-order valence-corrected chi connectivity index (χ0v) is 55.0. The fourth-order valence-electron chi connectivity index (χ4n) is 11.8. The van der Waals surface area contributed by atoms with Gasteiger partial charge >= 0.3 is 5.97 Å². The number of nitrogens with one attached hydrogen (secondary N) is 1. The lowest BCUT2D eigenvalue weighted by Gasteiger charge is -2.20. The van der Waals surface area contributed by atoms with Gasteiger partial charge in [-0.3, -0.25) is 9.59 Å². The molecule has 0 aromatic carbocycles. The molecule has 0 saturated heterocycles. The Hall–Kier alpha value is -1.66. The Morgan fingerprint density at radius 3 is 0.877 bits per heavy atom. The van der Waals surface area contributed by atoms with Gasteiger partial charge in [-0.25, -0.2) is 0 Å². The molecule has 6 heteroatoms. The fourth-order valence-corrected chi connectivity index (χ4v) is 11.8. The Morgan fingerprint density at radius 1 is 0.333 bits per heavy atom. The van der Waals surface area contributed by atoms with Crippen LogP contribution in [0.5, 0.6) is 0 Å². The molecule has 2 atom stereocenters. The lowest BCUT2D eigenvalue weighted by Crippen LogP contribution is -2.45. The second kappa shape index (κ2) is 70.8. The summed E-state index contributed by atoms with van der Waals surface area (Å²) in [7, 11) is 0. The van der Waals surface area contributed by atoms with Crippen LogP contribution >= 0.6 is 0 Å². The molecule has 0 aliphatic rings. The SMILES string of the molecule is CCCCCCCCCCCC/C=C/C(O)C(CO)NC(=O)CCCCCCCCCCCCCCCCCCC/C=C\CCCCCCCCCCCCCCCCCCOC(=O)CCCCCCCCCCCCCCCCC. The smallest absolute Gasteiger partial charge is 0.305 e. The summed E-state index contributed by atoms with van der Waals surface area (Å²) in [5.74, 6) is -0.0379. The van der Waals surface area contributed by atoms with Gasteiger partial charge in [0.15, 0.2) is 0 Å². The molecule has 0 saturated carbocycles. The maximum absolute atomic E-state index is 12.5. The first-order valence-electron chi connectivity index (χ1n) is 37.1. The Morgan fingerprint density at radius 2 is 0.580 bits per heavy atom. The first kappa shape index (κ1) is 79.3. The number of aliphatic hydroxyl groups excluding tert-OH is 2. The van der Waals surface area contributed by atoms with Crippen LogP contribution in [-0.2, 0) is 14.3 Å². The van der Waals surface area contributed by atoms with Gasteiger partial charge in [-0.15, -0.1) is 0 Å². The largest absolute Gasteiger partial charge is 0.466 e. The van der Waals surface area contributed by atoms with Crippen LogP contribution in [0.15, 0.2) is 24.3 Å². The van der Waals surface area contributed by atoms with Crippen molar-refractivity contribution in [3.8, 4) is 0 Å². The van der Waals surface area contributed by atoms with Crippen molar-refractivity contribution < 1.29 is 24.5 Å². The minimum Gasteiger partial charge on any atom is -0.466 e. The van der Waals surface area contributed by atoms with Crippen LogP contribution < -0.4 is 5.32 Å². The van der Waals surface area contributed by atoms with Crippen molar-refractivity contribution in [2.45, 2.75) is 431 Å². The normalized spacial score (nSPS) is 12.6. The predicted octanol–water partition coefficient (Wildman–Crippen LogP) is 24.1. The molecular formula is C75H145NO5. The van der Waals surface area contributed by atoms with Gasteiger partial charge < -0.3 is 20.3 Å². The third-order valence-corrected chi connectivity index (χ3v) is 17.5. The van der Waals surface area contributed by atoms with Gasteiger partial charge in [0, 0.05) is 12.8 Å². The second-order valence-electron chi connectivity index (χ2n) is 25.6. The van der Waals surface area contributed by atoms with Gasteiger partial charge in [-0.1, -0.05) is 372 Å². The van der Waals surface area contributed by atoms with E-state index in [1.165, 1.54) is 353 Å². The summed E-state index contributed by atoms with van der Waals surface area (Å²) in [6.07, 6.45) is 90.1. The summed E-state index contributed by atoms with van der Waals surface area (Å²) >= 11 is 0. The molecule has 480 valence electrons. The van der Waals surface area contributed by atoms with Crippen LogP contribution in [0.4, 0.5) is 0 Å². The summed E-state index contributed by atoms with van der Waals surface area (Å²) in [6.45, 7) is 4.94. The number of carbonyl (C=O) groups excluding carboxylic acids is 2. The average molecular weight is 1140 g/mol. The molecule has 0 aromatic heterocycles. The van der Waals surface area contributed by atoms with Crippen molar-refractivity contribution in [3.63, 3.8) is 0 Å². The van der Waals surface area contributed by atoms with Crippen molar-refractivity contribution in [3.05, 3.63) is 24.3 Å². The van der Waals surface area contributed by atoms with Crippen LogP contribution in [0.3, 0.4) is 0 Å². The monoisotopic (exact) mass is 1140 g/mol. The van der Waals surface area contributed by atoms with Crippen LogP contribution in [0.25, 0.3) is 0 Å². The topological polar surface area (TPSA) is 95.9 Å². The third kappa shape index (κ3) is 67.3. The van der Waals surface area contributed by atoms with E-state index in [1.807, 2.05) is 6.08 Å². The molecule has 0 bridgehead atoms. The molecule has 0 aromatic rings. The number of ether oxygens (including phenoxy) is 1. The molecule has 0 radical (unpaired) electrons. The second-order valence-corrected chi connectivity index (χ2v) is 25.6. The average Bonchev–Trinajstić information content (AvgIpc) is 3.47. The number of unbranched alkanes of at least 4 members (excludes halogenated alkanes) is 57. The van der Waals surface area contributed by atoms with Crippen molar-refractivity contribution >= 4 is 11.9 Å². The van der Waals surface area contributed by atoms with E-state index in [0.29, 0.717) is 19.4 Å². The number of hydrogen-bond donors (Lipinski definition) is 3. The Labute approximate surface area is 507 Å². The van der Waals surface area contributed by atoms with E-state index in [0.717, 1.165) is 38.5 Å². The first-order chi connectivity index (χ1) is 40.0. The highest BCUT2D eigenvalue weighted by atomic mass is 16.5. The van der Waals surface area contributed by atoms with Gasteiger partial charge in [0.05, 0.1) is 25.4 Å². The van der Waals surface area contributed by atoms with E-state index < -0.39 is 12.1 Å². The standard InChI is InChI=1S/C75H145NO5/c1-3-5-7-9-11-13-15-17-41-45-49-53-57-61-65-69-75(80)81-70-66-62-58-54-50-46-43-40-38-36-34-32-30-28-26-24-22-20-18-19-21-23-25-27-29-31-33-35-37-39-42-44-48-52-56-60-64-68-74(79)76-72(71-77)73(78)67-63-59-55-51-47-16-14-12-10-8-6-4-2/h18,20,63,67,72-73,77-78H,3-17,19,21-62,64-66,68-71H2,1-2H3,(H,76,79)/b20-18-,67-63+. The van der Waals surface area contributed by atoms with E-state index in [1.54, 1.807) is 6.08 Å². The van der Waals surface area contributed by atoms with Crippen LogP contribution in [-0.4, -0.2) is 47.4 Å². The Bertz CT molecular complexity index is 1270. The lowest BCUT2D eigenvalue weighted by molar-refractivity contribution is -0.143. The van der Waals surface area contributed by atoms with Crippen molar-refractivity contribution in [2.24, 2.45) is 0 Å². The van der Waals surface area contributed by atoms with Crippen LogP contribution in [0, 0.1) is 0 Å². The van der Waals surface area contributed by atoms with E-state index in [4.69, 9.17) is 4.74 Å². The maximum atomic E-state index is 12.5. The maximum Gasteiger partial charge on any atom is 0.305 e. The molecule has 0 rings (SSSR count). The molecule has 3 N–H and O–H groups in total. The number of aliphatic hydroxyl groups is 2. The summed E-state index contributed by atoms with van der Waals surface area (Å²) in [4.78, 5) is 24.5. The van der Waals surface area contributed by atoms with Crippen molar-refractivity contribution in [1.82, 2.24) is 5.32 Å². The van der Waals surface area contributed by atoms with Crippen molar-refractivity contribution in [1.29, 1.82) is 0 Å². The van der Waals surface area contributed by atoms with Crippen molar-refractivity contribution in [2.75, 3.05) is 13.2 Å². The zero-order valence-electron chi connectivity index (χ0n) is 55.0. The third-order valence-electron chi connectivity index (χ3n) is 17.5. The van der Waals surface area contributed by atoms with Gasteiger partial charge in [0.1, 0.15) is 0 Å². The summed E-state index contributed by atoms with van der Waals surface area (Å²) in [6, 6.07) is -0.623. The number of carbonyl (C=O) groups is 2. The lowest BCUT2D eigenvalue weighted by atomic mass is 10.0. The molecule has 0 heterocycles. The molecular weight excluding hydrogens is 995 g/mol. The van der Waals surface area contributed by atoms with E-state index in [2.05, 4.69) is 31.3 Å². The van der Waals surface area contributed by atoms with Gasteiger partial charge in [0.2, 0.25) is 5.91 Å². The van der Waals surface area contributed by atoms with Crippen LogP contribution in [0.2, 0.25) is 0 Å². The molecule has 6 nitrogen and oxygen atoms in total. The molecule has 0 spiro atoms. The van der Waals surface area contributed by atoms with Gasteiger partial charge in [-0.05, 0) is 57.8 Å². The first-order valence-corrected chi connectivity index (χ1v) is 37.1. The van der Waals surface area contributed by atoms with Crippen LogP contribution in [0.1, 0.15) is 418 Å². The molecule has 0 fully saturated rings. The number of allylic oxidation sites excluding steroid dienone is 3. The molecule has 2 unspecified atom stereocenters. The van der Waals surface area contributed by atoms with E-state index in [9.17, 15) is 19.8 Å². The highest BCUT2D eigenvalue weighted by Gasteiger charge is 2.18. The number of rotatable bonds is 70. The summed E-state index contributed by atoms with van der Waals surface area (Å²) < 4.78 is 5.50. The summed E-state index contributed by atoms with van der Waals surface area (Å²) in [5.41, 5.74) is 0. The fraction of sp³-hybridized carbons (Fsp3) is 0.920. The quantitative estimate of drug-likeness (QED) is 0.0320. The molecule has 0 aliphatic carbocycles. The van der Waals surface area contributed by atoms with Gasteiger partial charge in [-0.2, -0.15) is 0 Å². The van der Waals surface area contributed by atoms with Gasteiger partial charge in [0.25, 0.3) is 0 Å². The molecule has 0 aliphatic heterocycles. The zero-order chi connectivity index (χ0) is 58.5. The predicted molar refractivity (Wildman–Crippen MR) is 356 cm³/mol. The minimum atomic E-state index is -0.840. The molecule has 1 amide bonds. The minimum absolute atomic E-state index is 0.0248. The number of esters is 1.